The Morgan fingerprint density at radius 2 is 2.00 bits per heavy atom. The molecule has 124 valence electrons. The Kier molecular flexibility index (Phi) is 6.31. The number of hydrogen-bond acceptors (Lipinski definition) is 6. The number of aliphatic hydroxyl groups is 1. The maximum atomic E-state index is 11.7. The average Bonchev–Trinajstić information content (AvgIpc) is 2.87. The van der Waals surface area contributed by atoms with Crippen molar-refractivity contribution in [1.29, 1.82) is 0 Å². The summed E-state index contributed by atoms with van der Waals surface area (Å²) in [6.07, 6.45) is 0.127. The Bertz CT molecular complexity index is 482. The Balaban J connectivity index is 1.78. The molecule has 1 aliphatic rings. The van der Waals surface area contributed by atoms with Gasteiger partial charge in [0, 0.05) is 58.7 Å². The van der Waals surface area contributed by atoms with E-state index >= 15 is 0 Å². The van der Waals surface area contributed by atoms with Gasteiger partial charge >= 0.3 is 0 Å². The molecule has 7 heteroatoms. The molecule has 0 saturated carbocycles. The largest absolute Gasteiger partial charge is 0.392 e. The zero-order chi connectivity index (χ0) is 16.1. The van der Waals surface area contributed by atoms with E-state index in [2.05, 4.69) is 20.2 Å². The summed E-state index contributed by atoms with van der Waals surface area (Å²) in [5.41, 5.74) is 1.05. The van der Waals surface area contributed by atoms with Crippen LogP contribution in [0.5, 0.6) is 0 Å². The molecule has 1 amide bonds. The van der Waals surface area contributed by atoms with Crippen LogP contribution in [0, 0.1) is 0 Å². The number of nitrogens with zero attached hydrogens (tertiary/aromatic N) is 4. The van der Waals surface area contributed by atoms with Crippen molar-refractivity contribution in [1.82, 2.24) is 19.7 Å². The van der Waals surface area contributed by atoms with E-state index in [0.29, 0.717) is 6.42 Å². The maximum Gasteiger partial charge on any atom is 0.228 e. The van der Waals surface area contributed by atoms with Gasteiger partial charge in [-0.25, -0.2) is 4.98 Å². The summed E-state index contributed by atoms with van der Waals surface area (Å²) < 4.78 is 0. The molecule has 2 heterocycles. The van der Waals surface area contributed by atoms with Gasteiger partial charge in [0.05, 0.1) is 18.2 Å². The van der Waals surface area contributed by atoms with Crippen LogP contribution in [-0.2, 0) is 17.8 Å². The lowest BCUT2D eigenvalue weighted by atomic mass is 10.2. The molecule has 0 aliphatic carbocycles. The standard InChI is InChI=1S/C15H26N4O2S/c1-12(20)9-18-4-6-19(7-5-18)10-13-11-22-14(16-13)8-15(21)17(2)3/h11-12,20H,4-10H2,1-3H3/t12-/m0/s1. The summed E-state index contributed by atoms with van der Waals surface area (Å²) in [6.45, 7) is 7.39. The van der Waals surface area contributed by atoms with Crippen LogP contribution >= 0.6 is 11.3 Å². The molecule has 1 saturated heterocycles. The van der Waals surface area contributed by atoms with E-state index in [1.54, 1.807) is 30.3 Å². The first-order valence-electron chi connectivity index (χ1n) is 7.70. The molecule has 1 fully saturated rings. The number of rotatable bonds is 6. The minimum atomic E-state index is -0.262. The van der Waals surface area contributed by atoms with E-state index in [1.165, 1.54) is 0 Å². The Morgan fingerprint density at radius 1 is 1.36 bits per heavy atom. The molecule has 0 aromatic carbocycles. The molecule has 0 radical (unpaired) electrons. The number of hydrogen-bond donors (Lipinski definition) is 1. The van der Waals surface area contributed by atoms with Gasteiger partial charge in [0.25, 0.3) is 0 Å². The zero-order valence-electron chi connectivity index (χ0n) is 13.7. The highest BCUT2D eigenvalue weighted by molar-refractivity contribution is 7.09. The number of aliphatic hydroxyl groups excluding tert-OH is 1. The molecule has 1 aromatic heterocycles. The van der Waals surface area contributed by atoms with Gasteiger partial charge in [-0.2, -0.15) is 0 Å². The number of β-amino-alcohol motifs (C(OH)–C–C–N with tert-alkyl or cyclic N) is 1. The summed E-state index contributed by atoms with van der Waals surface area (Å²) in [7, 11) is 3.53. The van der Waals surface area contributed by atoms with Crippen molar-refractivity contribution in [2.24, 2.45) is 0 Å². The summed E-state index contributed by atoms with van der Waals surface area (Å²) in [5, 5.41) is 12.4. The van der Waals surface area contributed by atoms with Crippen molar-refractivity contribution in [2.75, 3.05) is 46.8 Å². The van der Waals surface area contributed by atoms with Crippen LogP contribution in [0.4, 0.5) is 0 Å². The lowest BCUT2D eigenvalue weighted by Gasteiger charge is -2.34. The number of carbonyl (C=O) groups excluding carboxylic acids is 1. The fourth-order valence-corrected chi connectivity index (χ4v) is 3.30. The predicted molar refractivity (Wildman–Crippen MR) is 87.9 cm³/mol. The number of amides is 1. The van der Waals surface area contributed by atoms with Crippen LogP contribution in [-0.4, -0.2) is 83.6 Å². The van der Waals surface area contributed by atoms with E-state index in [-0.39, 0.29) is 12.0 Å². The Labute approximate surface area is 136 Å². The van der Waals surface area contributed by atoms with E-state index < -0.39 is 0 Å². The molecule has 0 spiro atoms. The SMILES string of the molecule is C[C@H](O)CN1CCN(Cc2csc(CC(=O)N(C)C)n2)CC1. The van der Waals surface area contributed by atoms with Gasteiger partial charge in [-0.05, 0) is 6.92 Å². The van der Waals surface area contributed by atoms with Gasteiger partial charge in [-0.15, -0.1) is 11.3 Å². The van der Waals surface area contributed by atoms with Crippen LogP contribution in [0.25, 0.3) is 0 Å². The maximum absolute atomic E-state index is 11.7. The van der Waals surface area contributed by atoms with Crippen molar-refractivity contribution in [3.63, 3.8) is 0 Å². The van der Waals surface area contributed by atoms with Crippen molar-refractivity contribution >= 4 is 17.2 Å². The molecule has 2 rings (SSSR count). The first-order valence-corrected chi connectivity index (χ1v) is 8.58. The quantitative estimate of drug-likeness (QED) is 0.813. The molecule has 0 bridgehead atoms. The second-order valence-electron chi connectivity index (χ2n) is 6.12. The van der Waals surface area contributed by atoms with Crippen LogP contribution < -0.4 is 0 Å². The molecule has 1 aliphatic heterocycles. The highest BCUT2D eigenvalue weighted by Crippen LogP contribution is 2.14. The highest BCUT2D eigenvalue weighted by atomic mass is 32.1. The van der Waals surface area contributed by atoms with Gasteiger partial charge in [0.1, 0.15) is 5.01 Å². The van der Waals surface area contributed by atoms with Crippen LogP contribution in [0.15, 0.2) is 5.38 Å². The molecule has 1 aromatic rings. The minimum Gasteiger partial charge on any atom is -0.392 e. The number of carbonyl (C=O) groups is 1. The third-order valence-corrected chi connectivity index (χ3v) is 4.67. The van der Waals surface area contributed by atoms with Gasteiger partial charge in [-0.3, -0.25) is 14.6 Å². The lowest BCUT2D eigenvalue weighted by Crippen LogP contribution is -2.47. The van der Waals surface area contributed by atoms with Crippen molar-refractivity contribution in [3.05, 3.63) is 16.1 Å². The second kappa shape index (κ2) is 8.01. The van der Waals surface area contributed by atoms with Crippen molar-refractivity contribution in [3.8, 4) is 0 Å². The van der Waals surface area contributed by atoms with Crippen molar-refractivity contribution < 1.29 is 9.90 Å². The number of piperazine rings is 1. The van der Waals surface area contributed by atoms with E-state index in [0.717, 1.165) is 50.0 Å². The zero-order valence-corrected chi connectivity index (χ0v) is 14.5. The molecular formula is C15H26N4O2S. The first-order chi connectivity index (χ1) is 10.4. The van der Waals surface area contributed by atoms with Crippen LogP contribution in [0.3, 0.4) is 0 Å². The minimum absolute atomic E-state index is 0.0904. The first kappa shape index (κ1) is 17.3. The third kappa shape index (κ3) is 5.31. The molecule has 1 atom stereocenters. The van der Waals surface area contributed by atoms with E-state index in [9.17, 15) is 9.90 Å². The van der Waals surface area contributed by atoms with Gasteiger partial charge in [0.15, 0.2) is 0 Å². The van der Waals surface area contributed by atoms with E-state index in [1.807, 2.05) is 6.92 Å². The topological polar surface area (TPSA) is 59.9 Å². The fourth-order valence-electron chi connectivity index (χ4n) is 2.52. The van der Waals surface area contributed by atoms with E-state index in [4.69, 9.17) is 0 Å². The van der Waals surface area contributed by atoms with Crippen molar-refractivity contribution in [2.45, 2.75) is 26.0 Å². The predicted octanol–water partition coefficient (Wildman–Crippen LogP) is 0.272. The molecule has 0 unspecified atom stereocenters. The Morgan fingerprint density at radius 3 is 2.59 bits per heavy atom. The van der Waals surface area contributed by atoms with Crippen LogP contribution in [0.1, 0.15) is 17.6 Å². The fraction of sp³-hybridized carbons (Fsp3) is 0.733. The summed E-state index contributed by atoms with van der Waals surface area (Å²) in [4.78, 5) is 22.5. The van der Waals surface area contributed by atoms with Gasteiger partial charge in [-0.1, -0.05) is 0 Å². The van der Waals surface area contributed by atoms with Gasteiger partial charge in [0.2, 0.25) is 5.91 Å². The third-order valence-electron chi connectivity index (χ3n) is 3.77. The molecule has 22 heavy (non-hydrogen) atoms. The average molecular weight is 326 g/mol. The van der Waals surface area contributed by atoms with Crippen LogP contribution in [0.2, 0.25) is 0 Å². The molecular weight excluding hydrogens is 300 g/mol. The monoisotopic (exact) mass is 326 g/mol. The molecule has 1 N–H and O–H groups in total. The lowest BCUT2D eigenvalue weighted by molar-refractivity contribution is -0.127. The number of thiazole rings is 1. The summed E-state index contributed by atoms with van der Waals surface area (Å²) in [6, 6.07) is 0. The number of aromatic nitrogens is 1. The smallest absolute Gasteiger partial charge is 0.228 e. The van der Waals surface area contributed by atoms with Gasteiger partial charge < -0.3 is 10.0 Å². The molecule has 6 nitrogen and oxygen atoms in total. The second-order valence-corrected chi connectivity index (χ2v) is 7.07. The highest BCUT2D eigenvalue weighted by Gasteiger charge is 2.19. The summed E-state index contributed by atoms with van der Waals surface area (Å²) >= 11 is 1.56. The number of likely N-dealkylation sites (N-methyl/N-ethyl adjacent to an activating group) is 1. The summed E-state index contributed by atoms with van der Waals surface area (Å²) in [5.74, 6) is 0.0904. The normalized spacial score (nSPS) is 18.4. The Hall–Kier alpha value is -1.02.